The van der Waals surface area contributed by atoms with Gasteiger partial charge in [-0.3, -0.25) is 0 Å². The average Bonchev–Trinajstić information content (AvgIpc) is 2.82. The second kappa shape index (κ2) is 25.6. The highest BCUT2D eigenvalue weighted by molar-refractivity contribution is 4.67. The fourth-order valence-corrected chi connectivity index (χ4v) is 7.30. The number of hydrogen-bond donors (Lipinski definition) is 0. The normalized spacial score (nSPS) is 18.3. The molecular weight excluding hydrogens is 480 g/mol. The van der Waals surface area contributed by atoms with Gasteiger partial charge >= 0.3 is 0 Å². The molecule has 8 atom stereocenters. The molecule has 0 radical (unpaired) electrons. The Labute approximate surface area is 247 Å². The van der Waals surface area contributed by atoms with Crippen LogP contribution in [0.1, 0.15) is 159 Å². The second-order valence-electron chi connectivity index (χ2n) is 14.4. The van der Waals surface area contributed by atoms with E-state index in [0.29, 0.717) is 13.6 Å². The summed E-state index contributed by atoms with van der Waals surface area (Å²) in [5, 5.41) is 0. The Balaban J connectivity index is 3.62. The number of rotatable bonds is 28. The largest absolute Gasteiger partial charge is 0.355 e. The molecule has 0 aromatic heterocycles. The average molecular weight is 555 g/mol. The first-order valence-electron chi connectivity index (χ1n) is 17.3. The summed E-state index contributed by atoms with van der Waals surface area (Å²) < 4.78 is 16.9. The van der Waals surface area contributed by atoms with Gasteiger partial charge < -0.3 is 14.2 Å². The van der Waals surface area contributed by atoms with E-state index in [9.17, 15) is 0 Å². The van der Waals surface area contributed by atoms with Crippen molar-refractivity contribution in [2.45, 2.75) is 159 Å². The molecule has 0 aliphatic carbocycles. The van der Waals surface area contributed by atoms with Crippen molar-refractivity contribution < 1.29 is 14.2 Å². The van der Waals surface area contributed by atoms with Gasteiger partial charge in [0.25, 0.3) is 0 Å². The molecule has 0 aliphatic rings. The van der Waals surface area contributed by atoms with Crippen LogP contribution in [0.15, 0.2) is 0 Å². The van der Waals surface area contributed by atoms with Crippen LogP contribution in [0, 0.1) is 47.3 Å². The minimum atomic E-state index is 0.348. The molecule has 0 saturated heterocycles. The summed E-state index contributed by atoms with van der Waals surface area (Å²) in [4.78, 5) is 0. The molecule has 0 amide bonds. The summed E-state index contributed by atoms with van der Waals surface area (Å²) in [6.45, 7) is 26.3. The first kappa shape index (κ1) is 38.9. The van der Waals surface area contributed by atoms with Crippen LogP contribution in [0.4, 0.5) is 0 Å². The molecule has 0 aromatic rings. The van der Waals surface area contributed by atoms with E-state index in [0.717, 1.165) is 73.4 Å². The molecule has 3 nitrogen and oxygen atoms in total. The van der Waals surface area contributed by atoms with Gasteiger partial charge in [0.15, 0.2) is 0 Å². The maximum absolute atomic E-state index is 5.68. The topological polar surface area (TPSA) is 27.7 Å². The molecule has 3 heteroatoms. The van der Waals surface area contributed by atoms with Gasteiger partial charge in [-0.05, 0) is 112 Å². The third-order valence-corrected chi connectivity index (χ3v) is 8.70. The van der Waals surface area contributed by atoms with E-state index in [1.165, 1.54) is 77.0 Å². The SMILES string of the molecule is CCCC(C)CC(C)CC(C)CC(C)CCCOCOCOCCCC(C)CC(C)CC(C)CC(C)CCC. The van der Waals surface area contributed by atoms with Gasteiger partial charge in [0, 0.05) is 13.2 Å². The van der Waals surface area contributed by atoms with Crippen LogP contribution in [0.25, 0.3) is 0 Å². The lowest BCUT2D eigenvalue weighted by molar-refractivity contribution is -0.132. The molecule has 0 heterocycles. The van der Waals surface area contributed by atoms with Crippen LogP contribution in [0.2, 0.25) is 0 Å². The zero-order valence-corrected chi connectivity index (χ0v) is 28.6. The molecule has 0 N–H and O–H groups in total. The Hall–Kier alpha value is -0.120. The van der Waals surface area contributed by atoms with E-state index >= 15 is 0 Å². The molecular formula is C36H74O3. The Morgan fingerprint density at radius 1 is 0.359 bits per heavy atom. The summed E-state index contributed by atoms with van der Waals surface area (Å²) in [6, 6.07) is 0. The summed E-state index contributed by atoms with van der Waals surface area (Å²) in [6.07, 6.45) is 18.3. The van der Waals surface area contributed by atoms with Gasteiger partial charge in [-0.1, -0.05) is 94.9 Å². The van der Waals surface area contributed by atoms with Crippen molar-refractivity contribution in [1.29, 1.82) is 0 Å². The highest BCUT2D eigenvalue weighted by Crippen LogP contribution is 2.28. The van der Waals surface area contributed by atoms with E-state index in [1.807, 2.05) is 0 Å². The summed E-state index contributed by atoms with van der Waals surface area (Å²) in [5.74, 6) is 6.66. The van der Waals surface area contributed by atoms with E-state index in [-0.39, 0.29) is 0 Å². The van der Waals surface area contributed by atoms with Crippen molar-refractivity contribution >= 4 is 0 Å². The standard InChI is InChI=1S/C36H74O3/c1-11-15-29(3)21-33(7)25-35(9)23-31(5)17-13-19-37-27-39-28-38-20-14-18-32(6)24-36(10)26-34(8)22-30(4)16-12-2/h29-36H,11-28H2,1-10H3. The van der Waals surface area contributed by atoms with Crippen molar-refractivity contribution in [2.75, 3.05) is 26.8 Å². The molecule has 0 saturated carbocycles. The highest BCUT2D eigenvalue weighted by atomic mass is 16.7. The van der Waals surface area contributed by atoms with Crippen molar-refractivity contribution in [2.24, 2.45) is 47.3 Å². The predicted molar refractivity (Wildman–Crippen MR) is 172 cm³/mol. The van der Waals surface area contributed by atoms with Crippen LogP contribution < -0.4 is 0 Å². The van der Waals surface area contributed by atoms with E-state index in [2.05, 4.69) is 69.2 Å². The Morgan fingerprint density at radius 2 is 0.641 bits per heavy atom. The van der Waals surface area contributed by atoms with Crippen molar-refractivity contribution in [1.82, 2.24) is 0 Å². The zero-order chi connectivity index (χ0) is 29.5. The number of hydrogen-bond acceptors (Lipinski definition) is 3. The molecule has 236 valence electrons. The van der Waals surface area contributed by atoms with Crippen molar-refractivity contribution in [3.05, 3.63) is 0 Å². The lowest BCUT2D eigenvalue weighted by Gasteiger charge is -2.23. The van der Waals surface area contributed by atoms with Gasteiger partial charge in [-0.25, -0.2) is 0 Å². The second-order valence-corrected chi connectivity index (χ2v) is 14.4. The first-order chi connectivity index (χ1) is 18.6. The smallest absolute Gasteiger partial charge is 0.149 e. The zero-order valence-electron chi connectivity index (χ0n) is 28.6. The Bertz CT molecular complexity index is 466. The predicted octanol–water partition coefficient (Wildman–Crippen LogP) is 11.5. The molecule has 0 fully saturated rings. The fourth-order valence-electron chi connectivity index (χ4n) is 7.30. The van der Waals surface area contributed by atoms with E-state index < -0.39 is 0 Å². The molecule has 0 spiro atoms. The lowest BCUT2D eigenvalue weighted by Crippen LogP contribution is -2.11. The Kier molecular flexibility index (Phi) is 25.5. The van der Waals surface area contributed by atoms with Gasteiger partial charge in [-0.2, -0.15) is 0 Å². The van der Waals surface area contributed by atoms with Gasteiger partial charge in [0.05, 0.1) is 0 Å². The monoisotopic (exact) mass is 555 g/mol. The van der Waals surface area contributed by atoms with Crippen LogP contribution >= 0.6 is 0 Å². The first-order valence-corrected chi connectivity index (χ1v) is 17.3. The van der Waals surface area contributed by atoms with Crippen LogP contribution in [-0.2, 0) is 14.2 Å². The third kappa shape index (κ3) is 25.3. The molecule has 0 rings (SSSR count). The quantitative estimate of drug-likeness (QED) is 0.0711. The summed E-state index contributed by atoms with van der Waals surface area (Å²) in [5.41, 5.74) is 0. The van der Waals surface area contributed by atoms with Crippen molar-refractivity contribution in [3.8, 4) is 0 Å². The highest BCUT2D eigenvalue weighted by Gasteiger charge is 2.16. The summed E-state index contributed by atoms with van der Waals surface area (Å²) >= 11 is 0. The van der Waals surface area contributed by atoms with Crippen molar-refractivity contribution in [3.63, 3.8) is 0 Å². The molecule has 0 aliphatic heterocycles. The molecule has 39 heavy (non-hydrogen) atoms. The number of ether oxygens (including phenoxy) is 3. The van der Waals surface area contributed by atoms with Gasteiger partial charge in [-0.15, -0.1) is 0 Å². The van der Waals surface area contributed by atoms with E-state index in [1.54, 1.807) is 0 Å². The van der Waals surface area contributed by atoms with Gasteiger partial charge in [0.1, 0.15) is 13.6 Å². The maximum Gasteiger partial charge on any atom is 0.149 e. The molecule has 8 unspecified atom stereocenters. The van der Waals surface area contributed by atoms with Crippen LogP contribution in [-0.4, -0.2) is 26.8 Å². The third-order valence-electron chi connectivity index (χ3n) is 8.70. The van der Waals surface area contributed by atoms with Gasteiger partial charge in [0.2, 0.25) is 0 Å². The van der Waals surface area contributed by atoms with E-state index in [4.69, 9.17) is 14.2 Å². The lowest BCUT2D eigenvalue weighted by atomic mass is 9.84. The Morgan fingerprint density at radius 3 is 0.949 bits per heavy atom. The van der Waals surface area contributed by atoms with Crippen LogP contribution in [0.5, 0.6) is 0 Å². The fraction of sp³-hybridized carbons (Fsp3) is 1.00. The molecule has 0 bridgehead atoms. The molecule has 0 aromatic carbocycles. The minimum Gasteiger partial charge on any atom is -0.355 e. The maximum atomic E-state index is 5.68. The minimum absolute atomic E-state index is 0.348. The summed E-state index contributed by atoms with van der Waals surface area (Å²) in [7, 11) is 0. The van der Waals surface area contributed by atoms with Crippen LogP contribution in [0.3, 0.4) is 0 Å².